The molecule has 2 atom stereocenters. The summed E-state index contributed by atoms with van der Waals surface area (Å²) in [5, 5.41) is 3.71. The number of rotatable bonds is 7. The van der Waals surface area contributed by atoms with E-state index in [1.807, 2.05) is 44.2 Å². The molecule has 1 amide bonds. The SMILES string of the molecule is CC[C@H](NC(=O)[C@H](C)Oc1ccc(Cl)c(C)c1)c1ccc(OC)cc1. The third-order valence-electron chi connectivity index (χ3n) is 4.05. The van der Waals surface area contributed by atoms with Crippen LogP contribution in [0.5, 0.6) is 11.5 Å². The van der Waals surface area contributed by atoms with Crippen LogP contribution < -0.4 is 14.8 Å². The van der Waals surface area contributed by atoms with Crippen molar-refractivity contribution in [3.63, 3.8) is 0 Å². The molecule has 2 aromatic carbocycles. The maximum absolute atomic E-state index is 12.5. The molecule has 1 N–H and O–H groups in total. The number of halogens is 1. The minimum Gasteiger partial charge on any atom is -0.497 e. The maximum Gasteiger partial charge on any atom is 0.261 e. The second-order valence-corrected chi connectivity index (χ2v) is 6.32. The van der Waals surface area contributed by atoms with Gasteiger partial charge in [0.15, 0.2) is 6.10 Å². The van der Waals surface area contributed by atoms with E-state index >= 15 is 0 Å². The number of amides is 1. The van der Waals surface area contributed by atoms with Gasteiger partial charge in [0.2, 0.25) is 0 Å². The van der Waals surface area contributed by atoms with Gasteiger partial charge in [0, 0.05) is 5.02 Å². The predicted octanol–water partition coefficient (Wildman–Crippen LogP) is 4.69. The lowest BCUT2D eigenvalue weighted by Gasteiger charge is -2.21. The van der Waals surface area contributed by atoms with Gasteiger partial charge < -0.3 is 14.8 Å². The van der Waals surface area contributed by atoms with E-state index < -0.39 is 6.10 Å². The molecule has 5 heteroatoms. The quantitative estimate of drug-likeness (QED) is 0.778. The van der Waals surface area contributed by atoms with Crippen LogP contribution >= 0.6 is 11.6 Å². The highest BCUT2D eigenvalue weighted by atomic mass is 35.5. The third kappa shape index (κ3) is 5.13. The predicted molar refractivity (Wildman–Crippen MR) is 100 cm³/mol. The van der Waals surface area contributed by atoms with E-state index in [9.17, 15) is 4.79 Å². The Morgan fingerprint density at radius 3 is 2.36 bits per heavy atom. The van der Waals surface area contributed by atoms with Crippen molar-refractivity contribution in [3.05, 3.63) is 58.6 Å². The minimum absolute atomic E-state index is 0.0728. The highest BCUT2D eigenvalue weighted by Crippen LogP contribution is 2.23. The van der Waals surface area contributed by atoms with Crippen LogP contribution in [0.25, 0.3) is 0 Å². The molecule has 0 aliphatic rings. The van der Waals surface area contributed by atoms with Crippen molar-refractivity contribution in [2.45, 2.75) is 39.3 Å². The molecule has 2 aromatic rings. The summed E-state index contributed by atoms with van der Waals surface area (Å²) in [7, 11) is 1.63. The molecule has 0 aromatic heterocycles. The fraction of sp³-hybridized carbons (Fsp3) is 0.350. The first-order valence-corrected chi connectivity index (χ1v) is 8.69. The Morgan fingerprint density at radius 2 is 1.80 bits per heavy atom. The lowest BCUT2D eigenvalue weighted by Crippen LogP contribution is -2.38. The summed E-state index contributed by atoms with van der Waals surface area (Å²) >= 11 is 6.01. The Labute approximate surface area is 154 Å². The van der Waals surface area contributed by atoms with Crippen molar-refractivity contribution in [1.29, 1.82) is 0 Å². The summed E-state index contributed by atoms with van der Waals surface area (Å²) in [6, 6.07) is 13.0. The van der Waals surface area contributed by atoms with E-state index in [-0.39, 0.29) is 11.9 Å². The highest BCUT2D eigenvalue weighted by Gasteiger charge is 2.19. The molecule has 0 radical (unpaired) electrons. The Kier molecular flexibility index (Phi) is 6.71. The summed E-state index contributed by atoms with van der Waals surface area (Å²) in [6.07, 6.45) is 0.179. The van der Waals surface area contributed by atoms with Crippen LogP contribution in [-0.2, 0) is 4.79 Å². The Hall–Kier alpha value is -2.20. The number of nitrogens with one attached hydrogen (secondary N) is 1. The minimum atomic E-state index is -0.604. The van der Waals surface area contributed by atoms with Crippen molar-refractivity contribution in [2.24, 2.45) is 0 Å². The van der Waals surface area contributed by atoms with Gasteiger partial charge in [0.1, 0.15) is 11.5 Å². The van der Waals surface area contributed by atoms with Gasteiger partial charge in [-0.2, -0.15) is 0 Å². The number of methoxy groups -OCH3 is 1. The number of carbonyl (C=O) groups excluding carboxylic acids is 1. The topological polar surface area (TPSA) is 47.6 Å². The van der Waals surface area contributed by atoms with Gasteiger partial charge in [-0.1, -0.05) is 30.7 Å². The van der Waals surface area contributed by atoms with Crippen molar-refractivity contribution in [1.82, 2.24) is 5.32 Å². The monoisotopic (exact) mass is 361 g/mol. The zero-order valence-corrected chi connectivity index (χ0v) is 15.8. The lowest BCUT2D eigenvalue weighted by molar-refractivity contribution is -0.128. The first-order valence-electron chi connectivity index (χ1n) is 8.31. The second kappa shape index (κ2) is 8.77. The summed E-state index contributed by atoms with van der Waals surface area (Å²) in [5.74, 6) is 1.26. The molecule has 2 rings (SSSR count). The van der Waals surface area contributed by atoms with Crippen LogP contribution in [0.3, 0.4) is 0 Å². The van der Waals surface area contributed by atoms with E-state index in [2.05, 4.69) is 5.32 Å². The van der Waals surface area contributed by atoms with Crippen molar-refractivity contribution < 1.29 is 14.3 Å². The van der Waals surface area contributed by atoms with Gasteiger partial charge in [-0.05, 0) is 61.7 Å². The zero-order chi connectivity index (χ0) is 18.4. The first kappa shape index (κ1) is 19.1. The van der Waals surface area contributed by atoms with Gasteiger partial charge in [-0.25, -0.2) is 0 Å². The summed E-state index contributed by atoms with van der Waals surface area (Å²) in [4.78, 5) is 12.5. The van der Waals surface area contributed by atoms with Crippen LogP contribution in [0, 0.1) is 6.92 Å². The van der Waals surface area contributed by atoms with Crippen molar-refractivity contribution in [2.75, 3.05) is 7.11 Å². The molecule has 0 saturated heterocycles. The second-order valence-electron chi connectivity index (χ2n) is 5.91. The highest BCUT2D eigenvalue weighted by molar-refractivity contribution is 6.31. The Bertz CT molecular complexity index is 715. The molecule has 25 heavy (non-hydrogen) atoms. The normalized spacial score (nSPS) is 13.0. The van der Waals surface area contributed by atoms with E-state index in [0.29, 0.717) is 10.8 Å². The molecular weight excluding hydrogens is 338 g/mol. The van der Waals surface area contributed by atoms with Crippen LogP contribution in [0.2, 0.25) is 5.02 Å². The zero-order valence-electron chi connectivity index (χ0n) is 15.0. The van der Waals surface area contributed by atoms with E-state index in [0.717, 1.165) is 23.3 Å². The molecule has 134 valence electrons. The fourth-order valence-corrected chi connectivity index (χ4v) is 2.61. The molecule has 0 heterocycles. The average molecular weight is 362 g/mol. The van der Waals surface area contributed by atoms with Crippen LogP contribution in [-0.4, -0.2) is 19.1 Å². The molecule has 0 saturated carbocycles. The standard InChI is InChI=1S/C20H24ClNO3/c1-5-19(15-6-8-16(24-4)9-7-15)22-20(23)14(3)25-17-10-11-18(21)13(2)12-17/h6-12,14,19H,5H2,1-4H3,(H,22,23)/t14-,19-/m0/s1. The number of benzene rings is 2. The average Bonchev–Trinajstić information content (AvgIpc) is 2.62. The van der Waals surface area contributed by atoms with Crippen LogP contribution in [0.15, 0.2) is 42.5 Å². The van der Waals surface area contributed by atoms with E-state index in [1.54, 1.807) is 26.2 Å². The molecule has 0 fully saturated rings. The Balaban J connectivity index is 2.01. The van der Waals surface area contributed by atoms with Gasteiger partial charge in [0.25, 0.3) is 5.91 Å². The summed E-state index contributed by atoms with van der Waals surface area (Å²) in [6.45, 7) is 5.67. The van der Waals surface area contributed by atoms with Gasteiger partial charge in [-0.15, -0.1) is 0 Å². The molecule has 0 spiro atoms. The lowest BCUT2D eigenvalue weighted by atomic mass is 10.0. The maximum atomic E-state index is 12.5. The van der Waals surface area contributed by atoms with Gasteiger partial charge in [-0.3, -0.25) is 4.79 Å². The first-order chi connectivity index (χ1) is 11.9. The van der Waals surface area contributed by atoms with Gasteiger partial charge >= 0.3 is 0 Å². The molecule has 0 aliphatic heterocycles. The van der Waals surface area contributed by atoms with E-state index in [4.69, 9.17) is 21.1 Å². The molecule has 0 unspecified atom stereocenters. The fourth-order valence-electron chi connectivity index (χ4n) is 2.49. The molecule has 0 bridgehead atoms. The largest absolute Gasteiger partial charge is 0.497 e. The number of aryl methyl sites for hydroxylation is 1. The number of carbonyl (C=O) groups is 1. The molecule has 0 aliphatic carbocycles. The molecule has 4 nitrogen and oxygen atoms in total. The number of ether oxygens (including phenoxy) is 2. The van der Waals surface area contributed by atoms with Crippen LogP contribution in [0.1, 0.15) is 37.4 Å². The molecular formula is C20H24ClNO3. The third-order valence-corrected chi connectivity index (χ3v) is 4.48. The summed E-state index contributed by atoms with van der Waals surface area (Å²) in [5.41, 5.74) is 1.95. The number of hydrogen-bond donors (Lipinski definition) is 1. The van der Waals surface area contributed by atoms with Crippen molar-refractivity contribution in [3.8, 4) is 11.5 Å². The smallest absolute Gasteiger partial charge is 0.261 e. The van der Waals surface area contributed by atoms with E-state index in [1.165, 1.54) is 0 Å². The van der Waals surface area contributed by atoms with Gasteiger partial charge in [0.05, 0.1) is 13.2 Å². The number of hydrogen-bond acceptors (Lipinski definition) is 3. The Morgan fingerprint density at radius 1 is 1.16 bits per heavy atom. The van der Waals surface area contributed by atoms with Crippen molar-refractivity contribution >= 4 is 17.5 Å². The van der Waals surface area contributed by atoms with Crippen LogP contribution in [0.4, 0.5) is 0 Å². The summed E-state index contributed by atoms with van der Waals surface area (Å²) < 4.78 is 10.9.